The standard InChI is InChI=1S/C12H20O/c1-5-13-12-8-11(9(2)3)7-6-10(12)4/h5,9,11-12H,1,4,6-8H2,2-3H3/t11-,12?/m0/s1. The molecular weight excluding hydrogens is 160 g/mol. The molecule has 74 valence electrons. The van der Waals surface area contributed by atoms with Crippen LogP contribution in [0.15, 0.2) is 25.0 Å². The molecule has 1 heteroatoms. The van der Waals surface area contributed by atoms with Crippen molar-refractivity contribution in [2.75, 3.05) is 0 Å². The van der Waals surface area contributed by atoms with Crippen LogP contribution in [0.25, 0.3) is 0 Å². The second kappa shape index (κ2) is 4.50. The molecule has 0 bridgehead atoms. The van der Waals surface area contributed by atoms with E-state index in [4.69, 9.17) is 4.74 Å². The van der Waals surface area contributed by atoms with Gasteiger partial charge in [0.1, 0.15) is 6.10 Å². The number of ether oxygens (including phenoxy) is 1. The molecule has 1 unspecified atom stereocenters. The Labute approximate surface area is 81.5 Å². The van der Waals surface area contributed by atoms with E-state index in [1.807, 2.05) is 0 Å². The van der Waals surface area contributed by atoms with Gasteiger partial charge >= 0.3 is 0 Å². The molecule has 0 aromatic carbocycles. The molecule has 0 heterocycles. The third-order valence-electron chi connectivity index (χ3n) is 3.01. The van der Waals surface area contributed by atoms with E-state index in [1.54, 1.807) is 6.26 Å². The molecule has 1 nitrogen and oxygen atoms in total. The van der Waals surface area contributed by atoms with Crippen LogP contribution < -0.4 is 0 Å². The van der Waals surface area contributed by atoms with Gasteiger partial charge in [-0.25, -0.2) is 0 Å². The van der Waals surface area contributed by atoms with Crippen LogP contribution in [0.5, 0.6) is 0 Å². The molecule has 0 aliphatic heterocycles. The highest BCUT2D eigenvalue weighted by atomic mass is 16.5. The predicted molar refractivity (Wildman–Crippen MR) is 56.4 cm³/mol. The molecule has 2 atom stereocenters. The quantitative estimate of drug-likeness (QED) is 0.477. The Hall–Kier alpha value is -0.720. The van der Waals surface area contributed by atoms with Gasteiger partial charge in [0.05, 0.1) is 6.26 Å². The van der Waals surface area contributed by atoms with Crippen molar-refractivity contribution in [3.8, 4) is 0 Å². The van der Waals surface area contributed by atoms with Crippen LogP contribution in [0.3, 0.4) is 0 Å². The minimum atomic E-state index is 0.221. The highest BCUT2D eigenvalue weighted by Gasteiger charge is 2.26. The molecule has 0 aromatic rings. The highest BCUT2D eigenvalue weighted by Crippen LogP contribution is 2.33. The van der Waals surface area contributed by atoms with Crippen LogP contribution in [0.2, 0.25) is 0 Å². The summed E-state index contributed by atoms with van der Waals surface area (Å²) in [5.74, 6) is 1.54. The first-order chi connectivity index (χ1) is 6.15. The number of rotatable bonds is 3. The number of hydrogen-bond donors (Lipinski definition) is 0. The summed E-state index contributed by atoms with van der Waals surface area (Å²) in [6.07, 6.45) is 5.26. The third-order valence-corrected chi connectivity index (χ3v) is 3.01. The Kier molecular flexibility index (Phi) is 3.58. The van der Waals surface area contributed by atoms with Crippen molar-refractivity contribution in [1.82, 2.24) is 0 Å². The summed E-state index contributed by atoms with van der Waals surface area (Å²) in [5, 5.41) is 0. The van der Waals surface area contributed by atoms with Gasteiger partial charge in [-0.05, 0) is 36.7 Å². The van der Waals surface area contributed by atoms with E-state index in [1.165, 1.54) is 12.0 Å². The smallest absolute Gasteiger partial charge is 0.119 e. The minimum Gasteiger partial charge on any atom is -0.494 e. The Morgan fingerprint density at radius 2 is 2.23 bits per heavy atom. The molecule has 0 radical (unpaired) electrons. The van der Waals surface area contributed by atoms with Gasteiger partial charge in [0.25, 0.3) is 0 Å². The van der Waals surface area contributed by atoms with Gasteiger partial charge in [-0.1, -0.05) is 27.0 Å². The van der Waals surface area contributed by atoms with Gasteiger partial charge < -0.3 is 4.74 Å². The molecule has 1 rings (SSSR count). The van der Waals surface area contributed by atoms with Crippen molar-refractivity contribution < 1.29 is 4.74 Å². The van der Waals surface area contributed by atoms with Crippen molar-refractivity contribution in [3.05, 3.63) is 25.0 Å². The molecular formula is C12H20O. The molecule has 0 amide bonds. The molecule has 1 aliphatic rings. The Morgan fingerprint density at radius 1 is 1.54 bits per heavy atom. The summed E-state index contributed by atoms with van der Waals surface area (Å²) in [5.41, 5.74) is 1.23. The normalized spacial score (nSPS) is 29.0. The van der Waals surface area contributed by atoms with Gasteiger partial charge in [0, 0.05) is 0 Å². The van der Waals surface area contributed by atoms with Crippen LogP contribution in [0.1, 0.15) is 33.1 Å². The fourth-order valence-corrected chi connectivity index (χ4v) is 1.96. The lowest BCUT2D eigenvalue weighted by Crippen LogP contribution is -2.26. The average molecular weight is 180 g/mol. The molecule has 1 fully saturated rings. The van der Waals surface area contributed by atoms with E-state index in [9.17, 15) is 0 Å². The lowest BCUT2D eigenvalue weighted by Gasteiger charge is -2.32. The second-order valence-electron chi connectivity index (χ2n) is 4.23. The SMILES string of the molecule is C=COC1C[C@@H](C(C)C)CCC1=C. The lowest BCUT2D eigenvalue weighted by molar-refractivity contribution is 0.110. The monoisotopic (exact) mass is 180 g/mol. The van der Waals surface area contributed by atoms with Gasteiger partial charge in [-0.15, -0.1) is 0 Å². The zero-order valence-electron chi connectivity index (χ0n) is 8.75. The first-order valence-electron chi connectivity index (χ1n) is 5.09. The van der Waals surface area contributed by atoms with Gasteiger partial charge in [0.2, 0.25) is 0 Å². The molecule has 0 aromatic heterocycles. The topological polar surface area (TPSA) is 9.23 Å². The van der Waals surface area contributed by atoms with Crippen LogP contribution >= 0.6 is 0 Å². The van der Waals surface area contributed by atoms with Gasteiger partial charge in [-0.2, -0.15) is 0 Å². The van der Waals surface area contributed by atoms with Crippen molar-refractivity contribution in [2.45, 2.75) is 39.2 Å². The fourth-order valence-electron chi connectivity index (χ4n) is 1.96. The zero-order chi connectivity index (χ0) is 9.84. The van der Waals surface area contributed by atoms with Crippen LogP contribution in [-0.4, -0.2) is 6.10 Å². The minimum absolute atomic E-state index is 0.221. The summed E-state index contributed by atoms with van der Waals surface area (Å²) in [7, 11) is 0. The van der Waals surface area contributed by atoms with E-state index < -0.39 is 0 Å². The third kappa shape index (κ3) is 2.61. The highest BCUT2D eigenvalue weighted by molar-refractivity contribution is 5.07. The summed E-state index contributed by atoms with van der Waals surface area (Å²) in [6, 6.07) is 0. The Balaban J connectivity index is 2.52. The summed E-state index contributed by atoms with van der Waals surface area (Å²) < 4.78 is 5.44. The lowest BCUT2D eigenvalue weighted by atomic mass is 9.78. The van der Waals surface area contributed by atoms with Crippen molar-refractivity contribution in [3.63, 3.8) is 0 Å². The molecule has 0 saturated heterocycles. The summed E-state index contributed by atoms with van der Waals surface area (Å²) in [4.78, 5) is 0. The second-order valence-corrected chi connectivity index (χ2v) is 4.23. The maximum atomic E-state index is 5.44. The van der Waals surface area contributed by atoms with E-state index in [2.05, 4.69) is 27.0 Å². The van der Waals surface area contributed by atoms with Crippen molar-refractivity contribution in [1.29, 1.82) is 0 Å². The van der Waals surface area contributed by atoms with Crippen LogP contribution in [0, 0.1) is 11.8 Å². The Bertz CT molecular complexity index is 193. The first-order valence-corrected chi connectivity index (χ1v) is 5.09. The molecule has 0 N–H and O–H groups in total. The van der Waals surface area contributed by atoms with E-state index in [-0.39, 0.29) is 6.10 Å². The van der Waals surface area contributed by atoms with Gasteiger partial charge in [0.15, 0.2) is 0 Å². The van der Waals surface area contributed by atoms with E-state index in [0.717, 1.165) is 24.7 Å². The largest absolute Gasteiger partial charge is 0.494 e. The Morgan fingerprint density at radius 3 is 2.77 bits per heavy atom. The fraction of sp³-hybridized carbons (Fsp3) is 0.667. The van der Waals surface area contributed by atoms with E-state index in [0.29, 0.717) is 0 Å². The average Bonchev–Trinajstić information content (AvgIpc) is 2.08. The van der Waals surface area contributed by atoms with Crippen molar-refractivity contribution in [2.24, 2.45) is 11.8 Å². The number of hydrogen-bond acceptors (Lipinski definition) is 1. The molecule has 0 spiro atoms. The van der Waals surface area contributed by atoms with Crippen molar-refractivity contribution >= 4 is 0 Å². The predicted octanol–water partition coefficient (Wildman–Crippen LogP) is 3.53. The summed E-state index contributed by atoms with van der Waals surface area (Å²) >= 11 is 0. The first kappa shape index (κ1) is 10.4. The van der Waals surface area contributed by atoms with Crippen LogP contribution in [-0.2, 0) is 4.74 Å². The molecule has 1 saturated carbocycles. The molecule has 13 heavy (non-hydrogen) atoms. The van der Waals surface area contributed by atoms with Gasteiger partial charge in [-0.3, -0.25) is 0 Å². The van der Waals surface area contributed by atoms with Crippen LogP contribution in [0.4, 0.5) is 0 Å². The maximum Gasteiger partial charge on any atom is 0.119 e. The maximum absolute atomic E-state index is 5.44. The zero-order valence-corrected chi connectivity index (χ0v) is 8.75. The summed E-state index contributed by atoms with van der Waals surface area (Å²) in [6.45, 7) is 12.2. The molecule has 1 aliphatic carbocycles. The van der Waals surface area contributed by atoms with E-state index >= 15 is 0 Å².